The summed E-state index contributed by atoms with van der Waals surface area (Å²) in [6.07, 6.45) is -1.49. The molecule has 0 spiro atoms. The van der Waals surface area contributed by atoms with Crippen LogP contribution in [0.3, 0.4) is 0 Å². The third-order valence-electron chi connectivity index (χ3n) is 10.3. The molecule has 7 atom stereocenters. The molecular formula is C39H64F3N5O7. The molecule has 1 saturated heterocycles. The van der Waals surface area contributed by atoms with Crippen LogP contribution in [0.15, 0.2) is 30.3 Å². The molecule has 12 nitrogen and oxygen atoms in total. The molecule has 1 aromatic rings. The summed E-state index contributed by atoms with van der Waals surface area (Å²) in [5.41, 5.74) is 1.16. The van der Waals surface area contributed by atoms with Crippen molar-refractivity contribution >= 4 is 29.6 Å². The number of carbonyl (C=O) groups is 5. The van der Waals surface area contributed by atoms with E-state index in [2.05, 4.69) is 29.8 Å². The lowest BCUT2D eigenvalue weighted by atomic mass is 9.91. The van der Waals surface area contributed by atoms with Gasteiger partial charge in [-0.2, -0.15) is 13.2 Å². The van der Waals surface area contributed by atoms with E-state index in [0.717, 1.165) is 31.2 Å². The lowest BCUT2D eigenvalue weighted by Gasteiger charge is -2.37. The molecule has 308 valence electrons. The van der Waals surface area contributed by atoms with Crippen molar-refractivity contribution in [3.8, 4) is 0 Å². The second-order valence-electron chi connectivity index (χ2n) is 14.8. The molecule has 0 aromatic heterocycles. The highest BCUT2D eigenvalue weighted by Gasteiger charge is 2.41. The first-order chi connectivity index (χ1) is 25.2. The number of hydrogen-bond donors (Lipinski definition) is 4. The van der Waals surface area contributed by atoms with Crippen molar-refractivity contribution in [2.75, 3.05) is 34.3 Å². The van der Waals surface area contributed by atoms with Crippen molar-refractivity contribution in [2.24, 2.45) is 23.7 Å². The molecule has 1 aliphatic heterocycles. The van der Waals surface area contributed by atoms with Crippen LogP contribution in [-0.2, 0) is 35.1 Å². The summed E-state index contributed by atoms with van der Waals surface area (Å²) >= 11 is 0. The maximum atomic E-state index is 13.9. The van der Waals surface area contributed by atoms with E-state index in [4.69, 9.17) is 14.6 Å². The number of ether oxygens (including phenoxy) is 1. The first-order valence-electron chi connectivity index (χ1n) is 18.9. The van der Waals surface area contributed by atoms with Gasteiger partial charge < -0.3 is 35.6 Å². The molecule has 0 aliphatic carbocycles. The summed E-state index contributed by atoms with van der Waals surface area (Å²) in [7, 11) is 5.16. The number of hydrogen-bond acceptors (Lipinski definition) is 7. The number of carboxylic acid groups (broad SMARTS) is 1. The summed E-state index contributed by atoms with van der Waals surface area (Å²) in [5, 5.41) is 16.2. The average molecular weight is 772 g/mol. The van der Waals surface area contributed by atoms with Crippen molar-refractivity contribution in [3.63, 3.8) is 0 Å². The first-order valence-corrected chi connectivity index (χ1v) is 18.9. The minimum atomic E-state index is -5.08. The normalized spacial score (nSPS) is 17.8. The molecule has 1 fully saturated rings. The number of alkyl halides is 3. The Balaban J connectivity index is 0.00000189. The van der Waals surface area contributed by atoms with E-state index in [1.54, 1.807) is 26.1 Å². The highest BCUT2D eigenvalue weighted by molar-refractivity contribution is 5.90. The fourth-order valence-corrected chi connectivity index (χ4v) is 6.88. The highest BCUT2D eigenvalue weighted by Crippen LogP contribution is 2.29. The number of likely N-dealkylation sites (N-methyl/N-ethyl adjacent to an activating group) is 2. The summed E-state index contributed by atoms with van der Waals surface area (Å²) in [6.45, 7) is 15.0. The monoisotopic (exact) mass is 771 g/mol. The molecule has 54 heavy (non-hydrogen) atoms. The van der Waals surface area contributed by atoms with E-state index in [0.29, 0.717) is 19.5 Å². The Morgan fingerprint density at radius 3 is 2.04 bits per heavy atom. The van der Waals surface area contributed by atoms with E-state index in [9.17, 15) is 32.3 Å². The van der Waals surface area contributed by atoms with Crippen molar-refractivity contribution in [1.82, 2.24) is 25.8 Å². The van der Waals surface area contributed by atoms with Gasteiger partial charge in [0.15, 0.2) is 0 Å². The number of nitrogens with one attached hydrogen (secondary N) is 3. The largest absolute Gasteiger partial charge is 0.490 e. The van der Waals surface area contributed by atoms with Gasteiger partial charge in [0.1, 0.15) is 6.04 Å². The molecule has 0 bridgehead atoms. The number of carbonyl (C=O) groups excluding carboxylic acids is 4. The molecule has 0 unspecified atom stereocenters. The van der Waals surface area contributed by atoms with Crippen molar-refractivity contribution in [3.05, 3.63) is 35.9 Å². The Hall–Kier alpha value is -3.72. The van der Waals surface area contributed by atoms with Gasteiger partial charge in [0.2, 0.25) is 23.6 Å². The number of carboxylic acids is 1. The maximum absolute atomic E-state index is 13.9. The zero-order valence-corrected chi connectivity index (χ0v) is 33.7. The Labute approximate surface area is 319 Å². The second-order valence-corrected chi connectivity index (χ2v) is 14.8. The number of methoxy groups -OCH3 is 1. The molecular weight excluding hydrogens is 707 g/mol. The highest BCUT2D eigenvalue weighted by atomic mass is 19.4. The lowest BCUT2D eigenvalue weighted by Crippen LogP contribution is -2.57. The standard InChI is InChI=1S/C37H63N5O5.C2HF3O2/c1-11-26(6)29(41(9)37(46)33(25(4)5)40-36(45)32(38-8)24(2)3)19-20-31(43)42-23-15-18-30(42)34(47-10)27(7)35(44)39-22-21-28-16-13-12-14-17-28;3-2(4,5)1(6)7/h12-14,16-17,24-27,29-30,32-34,38H,11,15,18-23H2,1-10H3,(H,39,44)(H,40,45);(H,6,7)/t26-,27+,29-,30-,32-,33-,34+;/m0./s1. The Morgan fingerprint density at radius 1 is 0.981 bits per heavy atom. The van der Waals surface area contributed by atoms with Gasteiger partial charge in [-0.15, -0.1) is 0 Å². The Bertz CT molecular complexity index is 1330. The molecule has 0 radical (unpaired) electrons. The van der Waals surface area contributed by atoms with Crippen molar-refractivity contribution in [2.45, 2.75) is 123 Å². The first kappa shape index (κ1) is 48.3. The Kier molecular flexibility index (Phi) is 20.8. The van der Waals surface area contributed by atoms with Crippen molar-refractivity contribution < 1.29 is 47.0 Å². The number of likely N-dealkylation sites (tertiary alicyclic amines) is 1. The number of rotatable bonds is 19. The number of benzene rings is 1. The fraction of sp³-hybridized carbons (Fsp3) is 0.718. The van der Waals surface area contributed by atoms with Crippen LogP contribution >= 0.6 is 0 Å². The van der Waals surface area contributed by atoms with E-state index < -0.39 is 36.3 Å². The second kappa shape index (κ2) is 23.3. The molecule has 4 amide bonds. The van der Waals surface area contributed by atoms with E-state index >= 15 is 0 Å². The molecule has 2 rings (SSSR count). The van der Waals surface area contributed by atoms with Gasteiger partial charge in [-0.25, -0.2) is 4.79 Å². The van der Waals surface area contributed by atoms with Gasteiger partial charge in [0.25, 0.3) is 0 Å². The molecule has 1 aliphatic rings. The predicted octanol–water partition coefficient (Wildman–Crippen LogP) is 4.66. The number of halogens is 3. The lowest BCUT2D eigenvalue weighted by molar-refractivity contribution is -0.192. The zero-order chi connectivity index (χ0) is 41.3. The average Bonchev–Trinajstić information content (AvgIpc) is 3.60. The van der Waals surface area contributed by atoms with Crippen LogP contribution in [0.25, 0.3) is 0 Å². The van der Waals surface area contributed by atoms with E-state index in [1.165, 1.54) is 0 Å². The number of aliphatic carboxylic acids is 1. The van der Waals surface area contributed by atoms with Gasteiger partial charge in [-0.05, 0) is 56.0 Å². The van der Waals surface area contributed by atoms with Gasteiger partial charge >= 0.3 is 12.1 Å². The van der Waals surface area contributed by atoms with Crippen molar-refractivity contribution in [1.29, 1.82) is 0 Å². The molecule has 1 heterocycles. The van der Waals surface area contributed by atoms with E-state index in [-0.39, 0.29) is 59.9 Å². The van der Waals surface area contributed by atoms with E-state index in [1.807, 2.05) is 69.9 Å². The molecule has 0 saturated carbocycles. The summed E-state index contributed by atoms with van der Waals surface area (Å²) in [6, 6.07) is 8.61. The van der Waals surface area contributed by atoms with Crippen LogP contribution in [-0.4, -0.2) is 115 Å². The van der Waals surface area contributed by atoms with Crippen LogP contribution in [0.5, 0.6) is 0 Å². The summed E-state index contributed by atoms with van der Waals surface area (Å²) in [4.78, 5) is 66.4. The fourth-order valence-electron chi connectivity index (χ4n) is 6.88. The van der Waals surface area contributed by atoms with Crippen LogP contribution in [0, 0.1) is 23.7 Å². The van der Waals surface area contributed by atoms with Gasteiger partial charge in [0.05, 0.1) is 24.1 Å². The zero-order valence-electron chi connectivity index (χ0n) is 33.7. The third kappa shape index (κ3) is 14.8. The summed E-state index contributed by atoms with van der Waals surface area (Å²) < 4.78 is 37.6. The van der Waals surface area contributed by atoms with Crippen LogP contribution < -0.4 is 16.0 Å². The quantitative estimate of drug-likeness (QED) is 0.158. The van der Waals surface area contributed by atoms with Gasteiger partial charge in [-0.1, -0.05) is 85.2 Å². The summed E-state index contributed by atoms with van der Waals surface area (Å²) in [5.74, 6) is -3.45. The van der Waals surface area contributed by atoms with Gasteiger partial charge in [-0.3, -0.25) is 19.2 Å². The smallest absolute Gasteiger partial charge is 0.475 e. The van der Waals surface area contributed by atoms with Crippen LogP contribution in [0.1, 0.15) is 86.1 Å². The molecule has 4 N–H and O–H groups in total. The Morgan fingerprint density at radius 2 is 1.56 bits per heavy atom. The molecule has 1 aromatic carbocycles. The number of nitrogens with zero attached hydrogens (tertiary/aromatic N) is 2. The number of amides is 4. The third-order valence-corrected chi connectivity index (χ3v) is 10.3. The minimum Gasteiger partial charge on any atom is -0.475 e. The minimum absolute atomic E-state index is 0.0166. The topological polar surface area (TPSA) is 157 Å². The SMILES string of the molecule is CC[C@H](C)[C@H](CCC(=O)N1CCC[C@H]1[C@H](OC)[C@@H](C)C(=O)NCCc1ccccc1)N(C)C(=O)[C@@H](NC(=O)[C@@H](NC)C(C)C)C(C)C.O=C(O)C(F)(F)F. The van der Waals surface area contributed by atoms with Crippen LogP contribution in [0.2, 0.25) is 0 Å². The maximum Gasteiger partial charge on any atom is 0.490 e. The van der Waals surface area contributed by atoms with Crippen LogP contribution in [0.4, 0.5) is 13.2 Å². The predicted molar refractivity (Wildman–Crippen MR) is 201 cm³/mol. The van der Waals surface area contributed by atoms with Gasteiger partial charge in [0, 0.05) is 39.7 Å². The molecule has 15 heteroatoms.